The Bertz CT molecular complexity index is 435. The lowest BCUT2D eigenvalue weighted by Gasteiger charge is -2.34. The minimum Gasteiger partial charge on any atom is -0.497 e. The summed E-state index contributed by atoms with van der Waals surface area (Å²) in [5.41, 5.74) is 0.00872. The van der Waals surface area contributed by atoms with Gasteiger partial charge in [-0.1, -0.05) is 18.6 Å². The molecule has 0 aliphatic heterocycles. The van der Waals surface area contributed by atoms with Crippen molar-refractivity contribution in [3.63, 3.8) is 0 Å². The van der Waals surface area contributed by atoms with Gasteiger partial charge in [-0.25, -0.2) is 0 Å². The Morgan fingerprint density at radius 2 is 2.11 bits per heavy atom. The van der Waals surface area contributed by atoms with E-state index in [0.29, 0.717) is 6.42 Å². The summed E-state index contributed by atoms with van der Waals surface area (Å²) in [5, 5.41) is 19.5. The highest BCUT2D eigenvalue weighted by atomic mass is 16.5. The van der Waals surface area contributed by atoms with Gasteiger partial charge in [0.25, 0.3) is 0 Å². The Hall–Kier alpha value is -1.53. The maximum absolute atomic E-state index is 10.3. The van der Waals surface area contributed by atoms with Crippen molar-refractivity contribution < 1.29 is 9.84 Å². The molecule has 2 rings (SSSR count). The SMILES string of the molecule is COc1ccc(CC2CCCCC2(O)C#N)cc1. The molecule has 3 nitrogen and oxygen atoms in total. The molecular weight excluding hydrogens is 226 g/mol. The quantitative estimate of drug-likeness (QED) is 0.833. The van der Waals surface area contributed by atoms with Crippen molar-refractivity contribution in [3.8, 4) is 11.8 Å². The van der Waals surface area contributed by atoms with Gasteiger partial charge in [0.2, 0.25) is 0 Å². The topological polar surface area (TPSA) is 53.2 Å². The van der Waals surface area contributed by atoms with E-state index in [4.69, 9.17) is 10.00 Å². The van der Waals surface area contributed by atoms with Crippen LogP contribution in [0.5, 0.6) is 5.75 Å². The first-order chi connectivity index (χ1) is 8.68. The van der Waals surface area contributed by atoms with Crippen LogP contribution in [0.25, 0.3) is 0 Å². The van der Waals surface area contributed by atoms with E-state index in [1.807, 2.05) is 24.3 Å². The molecule has 1 aromatic carbocycles. The number of benzene rings is 1. The molecule has 0 aromatic heterocycles. The molecular formula is C15H19NO2. The van der Waals surface area contributed by atoms with Crippen molar-refractivity contribution in [3.05, 3.63) is 29.8 Å². The molecule has 3 heteroatoms. The summed E-state index contributed by atoms with van der Waals surface area (Å²) in [7, 11) is 1.64. The first-order valence-corrected chi connectivity index (χ1v) is 6.44. The van der Waals surface area contributed by atoms with Crippen LogP contribution in [-0.4, -0.2) is 17.8 Å². The second-order valence-electron chi connectivity index (χ2n) is 5.03. The molecule has 1 aliphatic carbocycles. The lowest BCUT2D eigenvalue weighted by Crippen LogP contribution is -2.40. The van der Waals surface area contributed by atoms with Crippen LogP contribution in [0, 0.1) is 17.2 Å². The van der Waals surface area contributed by atoms with Crippen LogP contribution < -0.4 is 4.74 Å². The zero-order valence-electron chi connectivity index (χ0n) is 10.7. The molecule has 18 heavy (non-hydrogen) atoms. The summed E-state index contributed by atoms with van der Waals surface area (Å²) in [4.78, 5) is 0. The van der Waals surface area contributed by atoms with E-state index in [-0.39, 0.29) is 5.92 Å². The molecule has 1 aromatic rings. The summed E-state index contributed by atoms with van der Waals surface area (Å²) in [6.45, 7) is 0. The van der Waals surface area contributed by atoms with Crippen molar-refractivity contribution in [2.45, 2.75) is 37.7 Å². The minimum absolute atomic E-state index is 0.0460. The van der Waals surface area contributed by atoms with Crippen molar-refractivity contribution >= 4 is 0 Å². The van der Waals surface area contributed by atoms with E-state index in [1.165, 1.54) is 0 Å². The lowest BCUT2D eigenvalue weighted by molar-refractivity contribution is 0.00257. The van der Waals surface area contributed by atoms with Gasteiger partial charge in [-0.3, -0.25) is 0 Å². The van der Waals surface area contributed by atoms with Crippen molar-refractivity contribution in [1.29, 1.82) is 5.26 Å². The first kappa shape index (κ1) is 12.9. The molecule has 2 unspecified atom stereocenters. The van der Waals surface area contributed by atoms with Gasteiger partial charge in [0.15, 0.2) is 5.60 Å². The maximum Gasteiger partial charge on any atom is 0.154 e. The number of methoxy groups -OCH3 is 1. The number of rotatable bonds is 3. The average Bonchev–Trinajstić information content (AvgIpc) is 2.42. The standard InChI is InChI=1S/C15H19NO2/c1-18-14-7-5-12(6-8-14)10-13-4-2-3-9-15(13,17)11-16/h5-8,13,17H,2-4,9-10H2,1H3. The third-order valence-electron chi connectivity index (χ3n) is 3.87. The Morgan fingerprint density at radius 3 is 2.72 bits per heavy atom. The van der Waals surface area contributed by atoms with Crippen LogP contribution in [-0.2, 0) is 6.42 Å². The van der Waals surface area contributed by atoms with Crippen LogP contribution in [0.3, 0.4) is 0 Å². The zero-order valence-corrected chi connectivity index (χ0v) is 10.7. The molecule has 1 N–H and O–H groups in total. The summed E-state index contributed by atoms with van der Waals surface area (Å²) in [5.74, 6) is 0.877. The zero-order chi connectivity index (χ0) is 13.0. The Labute approximate surface area is 108 Å². The number of aliphatic hydroxyl groups is 1. The van der Waals surface area contributed by atoms with Crippen LogP contribution in [0.15, 0.2) is 24.3 Å². The van der Waals surface area contributed by atoms with Gasteiger partial charge in [0.1, 0.15) is 5.75 Å². The largest absolute Gasteiger partial charge is 0.497 e. The first-order valence-electron chi connectivity index (χ1n) is 6.44. The third kappa shape index (κ3) is 2.65. The van der Waals surface area contributed by atoms with Gasteiger partial charge in [-0.15, -0.1) is 0 Å². The molecule has 0 heterocycles. The molecule has 1 saturated carbocycles. The highest BCUT2D eigenvalue weighted by molar-refractivity contribution is 5.28. The van der Waals surface area contributed by atoms with E-state index in [2.05, 4.69) is 6.07 Å². The van der Waals surface area contributed by atoms with E-state index < -0.39 is 5.60 Å². The van der Waals surface area contributed by atoms with E-state index in [0.717, 1.165) is 37.0 Å². The fraction of sp³-hybridized carbons (Fsp3) is 0.533. The molecule has 1 fully saturated rings. The van der Waals surface area contributed by atoms with E-state index in [9.17, 15) is 5.11 Å². The van der Waals surface area contributed by atoms with Gasteiger partial charge in [-0.2, -0.15) is 5.26 Å². The fourth-order valence-corrected chi connectivity index (χ4v) is 2.69. The monoisotopic (exact) mass is 245 g/mol. The van der Waals surface area contributed by atoms with Crippen molar-refractivity contribution in [2.24, 2.45) is 5.92 Å². The van der Waals surface area contributed by atoms with Crippen LogP contribution in [0.2, 0.25) is 0 Å². The van der Waals surface area contributed by atoms with Crippen molar-refractivity contribution in [2.75, 3.05) is 7.11 Å². The maximum atomic E-state index is 10.3. The van der Waals surface area contributed by atoms with Gasteiger partial charge in [-0.05, 0) is 43.4 Å². The molecule has 96 valence electrons. The summed E-state index contributed by atoms with van der Waals surface area (Å²) in [6.07, 6.45) is 4.34. The molecule has 0 spiro atoms. The molecule has 2 atom stereocenters. The highest BCUT2D eigenvalue weighted by Crippen LogP contribution is 2.35. The summed E-state index contributed by atoms with van der Waals surface area (Å²) in [6, 6.07) is 9.95. The minimum atomic E-state index is -1.14. The average molecular weight is 245 g/mol. The second-order valence-corrected chi connectivity index (χ2v) is 5.03. The number of nitriles is 1. The predicted molar refractivity (Wildman–Crippen MR) is 69.2 cm³/mol. The van der Waals surface area contributed by atoms with E-state index >= 15 is 0 Å². The Morgan fingerprint density at radius 1 is 1.39 bits per heavy atom. The molecule has 0 amide bonds. The number of nitrogens with zero attached hydrogens (tertiary/aromatic N) is 1. The predicted octanol–water partition coefficient (Wildman–Crippen LogP) is 2.68. The number of ether oxygens (including phenoxy) is 1. The van der Waals surface area contributed by atoms with E-state index in [1.54, 1.807) is 7.11 Å². The smallest absolute Gasteiger partial charge is 0.154 e. The van der Waals surface area contributed by atoms with Crippen molar-refractivity contribution in [1.82, 2.24) is 0 Å². The second kappa shape index (κ2) is 5.41. The Balaban J connectivity index is 2.09. The molecule has 1 aliphatic rings. The van der Waals surface area contributed by atoms with Crippen LogP contribution >= 0.6 is 0 Å². The number of hydrogen-bond acceptors (Lipinski definition) is 3. The highest BCUT2D eigenvalue weighted by Gasteiger charge is 2.38. The van der Waals surface area contributed by atoms with Gasteiger partial charge >= 0.3 is 0 Å². The fourth-order valence-electron chi connectivity index (χ4n) is 2.69. The van der Waals surface area contributed by atoms with Crippen LogP contribution in [0.1, 0.15) is 31.2 Å². The normalized spacial score (nSPS) is 27.5. The molecule has 0 radical (unpaired) electrons. The Kier molecular flexibility index (Phi) is 3.88. The summed E-state index contributed by atoms with van der Waals surface area (Å²) >= 11 is 0. The third-order valence-corrected chi connectivity index (χ3v) is 3.87. The molecule has 0 bridgehead atoms. The van der Waals surface area contributed by atoms with Gasteiger partial charge in [0, 0.05) is 5.92 Å². The molecule has 0 saturated heterocycles. The number of hydrogen-bond donors (Lipinski definition) is 1. The lowest BCUT2D eigenvalue weighted by atomic mass is 9.73. The summed E-state index contributed by atoms with van der Waals surface area (Å²) < 4.78 is 5.12. The van der Waals surface area contributed by atoms with Crippen LogP contribution in [0.4, 0.5) is 0 Å². The van der Waals surface area contributed by atoms with Gasteiger partial charge < -0.3 is 9.84 Å². The van der Waals surface area contributed by atoms with Gasteiger partial charge in [0.05, 0.1) is 13.2 Å².